The number of fused-ring (bicyclic) bond motifs is 1. The van der Waals surface area contributed by atoms with E-state index >= 15 is 0 Å². The normalized spacial score (nSPS) is 12.0. The predicted octanol–water partition coefficient (Wildman–Crippen LogP) is 7.05. The molecule has 0 unspecified atom stereocenters. The van der Waals surface area contributed by atoms with Crippen molar-refractivity contribution in [2.75, 3.05) is 19.5 Å². The van der Waals surface area contributed by atoms with Crippen LogP contribution in [0.25, 0.3) is 10.8 Å². The average Bonchev–Trinajstić information content (AvgIpc) is 3.03. The molecule has 5 nitrogen and oxygen atoms in total. The monoisotopic (exact) mass is 543 g/mol. The molecule has 206 valence electrons. The lowest BCUT2D eigenvalue weighted by Gasteiger charge is -2.40. The first-order chi connectivity index (χ1) is 20.0. The van der Waals surface area contributed by atoms with Gasteiger partial charge in [-0.05, 0) is 51.6 Å². The summed E-state index contributed by atoms with van der Waals surface area (Å²) in [7, 11) is 2.64. The van der Waals surface area contributed by atoms with Crippen molar-refractivity contribution in [2.45, 2.75) is 24.8 Å². The Morgan fingerprint density at radius 1 is 0.707 bits per heavy atom. The fourth-order valence-electron chi connectivity index (χ4n) is 5.90. The number of ether oxygens (including phenoxy) is 2. The Labute approximate surface area is 240 Å². The Kier molecular flexibility index (Phi) is 8.16. The number of hydrogen-bond donors (Lipinski definition) is 1. The largest absolute Gasteiger partial charge is 0.469 e. The molecule has 0 aromatic heterocycles. The summed E-state index contributed by atoms with van der Waals surface area (Å²) in [5.41, 5.74) is 5.22. The van der Waals surface area contributed by atoms with Gasteiger partial charge in [0.05, 0.1) is 26.1 Å². The van der Waals surface area contributed by atoms with Gasteiger partial charge in [-0.25, -0.2) is 4.79 Å². The highest BCUT2D eigenvalue weighted by molar-refractivity contribution is 5.94. The van der Waals surface area contributed by atoms with Crippen LogP contribution in [-0.2, 0) is 24.5 Å². The fraction of sp³-hybridized carbons (Fsp3) is 0.167. The Balaban J connectivity index is 1.92. The number of rotatable bonds is 9. The molecule has 0 fully saturated rings. The van der Waals surface area contributed by atoms with Crippen molar-refractivity contribution in [3.05, 3.63) is 149 Å². The van der Waals surface area contributed by atoms with Crippen molar-refractivity contribution < 1.29 is 19.1 Å². The predicted molar refractivity (Wildman–Crippen MR) is 163 cm³/mol. The molecule has 41 heavy (non-hydrogen) atoms. The van der Waals surface area contributed by atoms with Crippen LogP contribution in [0.2, 0.25) is 0 Å². The molecule has 0 spiro atoms. The zero-order valence-corrected chi connectivity index (χ0v) is 23.5. The third-order valence-corrected chi connectivity index (χ3v) is 7.72. The van der Waals surface area contributed by atoms with Gasteiger partial charge in [0.2, 0.25) is 0 Å². The molecule has 0 amide bonds. The van der Waals surface area contributed by atoms with Gasteiger partial charge in [0.1, 0.15) is 6.04 Å². The van der Waals surface area contributed by atoms with Gasteiger partial charge < -0.3 is 14.8 Å². The van der Waals surface area contributed by atoms with E-state index < -0.39 is 23.4 Å². The molecule has 0 heterocycles. The lowest BCUT2D eigenvalue weighted by Crippen LogP contribution is -2.37. The lowest BCUT2D eigenvalue weighted by molar-refractivity contribution is -0.148. The zero-order valence-electron chi connectivity index (χ0n) is 23.5. The summed E-state index contributed by atoms with van der Waals surface area (Å²) >= 11 is 0. The van der Waals surface area contributed by atoms with Crippen LogP contribution in [0.4, 0.5) is 5.69 Å². The van der Waals surface area contributed by atoms with E-state index in [2.05, 4.69) is 66.8 Å². The first kappa shape index (κ1) is 27.7. The number of anilines is 1. The molecular weight excluding hydrogens is 510 g/mol. The highest BCUT2D eigenvalue weighted by atomic mass is 16.5. The first-order valence-corrected chi connectivity index (χ1v) is 13.6. The number of benzene rings is 5. The molecule has 0 radical (unpaired) electrons. The molecule has 5 aromatic rings. The summed E-state index contributed by atoms with van der Waals surface area (Å²) in [6, 6.07) is 40.5. The SMILES string of the molecule is COC(=O)C[C@H](Nc1cc2ccccc2c(C)c1C(c1ccccc1)(c1ccccc1)c1ccccc1)C(=O)OC. The van der Waals surface area contributed by atoms with Crippen molar-refractivity contribution in [3.63, 3.8) is 0 Å². The summed E-state index contributed by atoms with van der Waals surface area (Å²) in [5, 5.41) is 5.55. The molecule has 0 saturated heterocycles. The smallest absolute Gasteiger partial charge is 0.328 e. The summed E-state index contributed by atoms with van der Waals surface area (Å²) in [6.45, 7) is 2.12. The van der Waals surface area contributed by atoms with Crippen molar-refractivity contribution in [3.8, 4) is 0 Å². The van der Waals surface area contributed by atoms with Crippen molar-refractivity contribution in [2.24, 2.45) is 0 Å². The number of nitrogens with one attached hydrogen (secondary N) is 1. The van der Waals surface area contributed by atoms with E-state index in [1.165, 1.54) is 14.2 Å². The van der Waals surface area contributed by atoms with Crippen LogP contribution in [0.15, 0.2) is 121 Å². The van der Waals surface area contributed by atoms with Crippen LogP contribution in [0, 0.1) is 6.92 Å². The molecule has 0 saturated carbocycles. The molecule has 1 N–H and O–H groups in total. The van der Waals surface area contributed by atoms with Gasteiger partial charge in [0.15, 0.2) is 0 Å². The standard InChI is InChI=1S/C36H33NO4/c1-25-30-22-14-13-15-26(30)23-31(37-32(35(39)41-3)24-33(38)40-2)34(25)36(27-16-7-4-8-17-27,28-18-9-5-10-19-28)29-20-11-6-12-21-29/h4-23,32,37H,24H2,1-3H3/t32-/m0/s1. The molecule has 5 aromatic carbocycles. The van der Waals surface area contributed by atoms with Crippen molar-refractivity contribution >= 4 is 28.4 Å². The minimum Gasteiger partial charge on any atom is -0.469 e. The Morgan fingerprint density at radius 3 is 1.68 bits per heavy atom. The quantitative estimate of drug-likeness (QED) is 0.159. The zero-order chi connectivity index (χ0) is 28.8. The van der Waals surface area contributed by atoms with E-state index in [0.717, 1.165) is 44.3 Å². The number of aryl methyl sites for hydroxylation is 1. The number of carbonyl (C=O) groups excluding carboxylic acids is 2. The summed E-state index contributed by atoms with van der Waals surface area (Å²) in [4.78, 5) is 25.4. The molecule has 0 aliphatic rings. The molecule has 5 rings (SSSR count). The van der Waals surface area contributed by atoms with Gasteiger partial charge in [0, 0.05) is 5.69 Å². The maximum atomic E-state index is 13.0. The van der Waals surface area contributed by atoms with Gasteiger partial charge in [-0.3, -0.25) is 4.79 Å². The Bertz CT molecular complexity index is 1550. The molecule has 0 aliphatic heterocycles. The number of methoxy groups -OCH3 is 2. The van der Waals surface area contributed by atoms with Crippen LogP contribution in [0.5, 0.6) is 0 Å². The van der Waals surface area contributed by atoms with Gasteiger partial charge >= 0.3 is 11.9 Å². The molecular formula is C36H33NO4. The summed E-state index contributed by atoms with van der Waals surface area (Å²) < 4.78 is 10.0. The molecule has 0 bridgehead atoms. The maximum Gasteiger partial charge on any atom is 0.328 e. The van der Waals surface area contributed by atoms with Crippen LogP contribution in [-0.4, -0.2) is 32.2 Å². The lowest BCUT2D eigenvalue weighted by atomic mass is 9.63. The maximum absolute atomic E-state index is 13.0. The third kappa shape index (κ3) is 5.19. The van der Waals surface area contributed by atoms with Gasteiger partial charge in [-0.15, -0.1) is 0 Å². The van der Waals surface area contributed by atoms with Crippen LogP contribution < -0.4 is 5.32 Å². The summed E-state index contributed by atoms with van der Waals surface area (Å²) in [6.07, 6.45) is -0.177. The van der Waals surface area contributed by atoms with Crippen molar-refractivity contribution in [1.29, 1.82) is 0 Å². The number of hydrogen-bond acceptors (Lipinski definition) is 5. The second kappa shape index (κ2) is 12.1. The second-order valence-corrected chi connectivity index (χ2v) is 9.99. The second-order valence-electron chi connectivity index (χ2n) is 9.99. The minimum atomic E-state index is -0.952. The van der Waals surface area contributed by atoms with E-state index in [1.807, 2.05) is 66.7 Å². The summed E-state index contributed by atoms with van der Waals surface area (Å²) in [5.74, 6) is -1.05. The minimum absolute atomic E-state index is 0.177. The highest BCUT2D eigenvalue weighted by Gasteiger charge is 2.42. The fourth-order valence-corrected chi connectivity index (χ4v) is 5.90. The van der Waals surface area contributed by atoms with E-state index in [0.29, 0.717) is 0 Å². The number of esters is 2. The van der Waals surface area contributed by atoms with E-state index in [9.17, 15) is 9.59 Å². The Hall–Kier alpha value is -4.90. The molecule has 0 aliphatic carbocycles. The van der Waals surface area contributed by atoms with Crippen molar-refractivity contribution in [1.82, 2.24) is 0 Å². The van der Waals surface area contributed by atoms with E-state index in [1.54, 1.807) is 0 Å². The number of carbonyl (C=O) groups is 2. The van der Waals surface area contributed by atoms with Gasteiger partial charge in [0.25, 0.3) is 0 Å². The third-order valence-electron chi connectivity index (χ3n) is 7.72. The first-order valence-electron chi connectivity index (χ1n) is 13.6. The van der Waals surface area contributed by atoms with E-state index in [4.69, 9.17) is 9.47 Å². The molecule has 5 heteroatoms. The average molecular weight is 544 g/mol. The Morgan fingerprint density at radius 2 is 1.20 bits per heavy atom. The topological polar surface area (TPSA) is 64.6 Å². The van der Waals surface area contributed by atoms with Gasteiger partial charge in [-0.1, -0.05) is 115 Å². The van der Waals surface area contributed by atoms with Crippen LogP contribution >= 0.6 is 0 Å². The van der Waals surface area contributed by atoms with Crippen LogP contribution in [0.1, 0.15) is 34.2 Å². The molecule has 1 atom stereocenters. The highest BCUT2D eigenvalue weighted by Crippen LogP contribution is 2.50. The van der Waals surface area contributed by atoms with Gasteiger partial charge in [-0.2, -0.15) is 0 Å². The van der Waals surface area contributed by atoms with Crippen LogP contribution in [0.3, 0.4) is 0 Å². The van der Waals surface area contributed by atoms with E-state index in [-0.39, 0.29) is 6.42 Å².